The summed E-state index contributed by atoms with van der Waals surface area (Å²) in [5.41, 5.74) is 2.88. The molecule has 0 radical (unpaired) electrons. The molecule has 0 fully saturated rings. The molecule has 0 saturated heterocycles. The first-order valence-electron chi connectivity index (χ1n) is 5.99. The number of nitrogens with zero attached hydrogens (tertiary/aromatic N) is 3. The normalized spacial score (nSPS) is 10.6. The Kier molecular flexibility index (Phi) is 2.79. The summed E-state index contributed by atoms with van der Waals surface area (Å²) in [6.07, 6.45) is 1.91. The summed E-state index contributed by atoms with van der Waals surface area (Å²) in [7, 11) is 1.65. The summed E-state index contributed by atoms with van der Waals surface area (Å²) >= 11 is 0. The number of aryl methyl sites for hydroxylation is 1. The summed E-state index contributed by atoms with van der Waals surface area (Å²) in [6, 6.07) is 11.6. The van der Waals surface area contributed by atoms with Crippen LogP contribution in [0.15, 0.2) is 42.6 Å². The predicted octanol–water partition coefficient (Wildman–Crippen LogP) is 2.79. The number of nitrogens with one attached hydrogen (secondary N) is 1. The van der Waals surface area contributed by atoms with E-state index in [-0.39, 0.29) is 0 Å². The zero-order chi connectivity index (χ0) is 13.2. The van der Waals surface area contributed by atoms with E-state index in [1.165, 1.54) is 0 Å². The molecule has 0 saturated carbocycles. The zero-order valence-corrected chi connectivity index (χ0v) is 10.8. The van der Waals surface area contributed by atoms with Crippen LogP contribution in [-0.4, -0.2) is 21.7 Å². The summed E-state index contributed by atoms with van der Waals surface area (Å²) in [4.78, 5) is 4.44. The molecule has 3 aromatic rings. The van der Waals surface area contributed by atoms with Gasteiger partial charge in [0, 0.05) is 11.9 Å². The maximum atomic E-state index is 5.12. The summed E-state index contributed by atoms with van der Waals surface area (Å²) in [5.74, 6) is 1.40. The minimum Gasteiger partial charge on any atom is -0.497 e. The lowest BCUT2D eigenvalue weighted by Crippen LogP contribution is -2.03. The Morgan fingerprint density at radius 1 is 1.16 bits per heavy atom. The van der Waals surface area contributed by atoms with Crippen LogP contribution in [-0.2, 0) is 0 Å². The number of hydrogen-bond acceptors (Lipinski definition) is 4. The second-order valence-electron chi connectivity index (χ2n) is 4.21. The smallest absolute Gasteiger partial charge is 0.245 e. The molecule has 5 heteroatoms. The van der Waals surface area contributed by atoms with Gasteiger partial charge in [-0.15, -0.1) is 5.10 Å². The highest BCUT2D eigenvalue weighted by molar-refractivity contribution is 5.57. The van der Waals surface area contributed by atoms with Gasteiger partial charge in [-0.1, -0.05) is 0 Å². The first-order valence-corrected chi connectivity index (χ1v) is 5.99. The number of rotatable bonds is 3. The molecule has 0 aliphatic carbocycles. The number of ether oxygens (including phenoxy) is 1. The highest BCUT2D eigenvalue weighted by Gasteiger charge is 2.04. The zero-order valence-electron chi connectivity index (χ0n) is 10.8. The lowest BCUT2D eigenvalue weighted by Gasteiger charge is -2.07. The van der Waals surface area contributed by atoms with E-state index in [0.29, 0.717) is 5.95 Å². The molecule has 0 atom stereocenters. The van der Waals surface area contributed by atoms with Gasteiger partial charge in [-0.2, -0.15) is 0 Å². The van der Waals surface area contributed by atoms with E-state index in [4.69, 9.17) is 4.74 Å². The summed E-state index contributed by atoms with van der Waals surface area (Å²) < 4.78 is 6.94. The van der Waals surface area contributed by atoms with Crippen molar-refractivity contribution in [2.75, 3.05) is 12.4 Å². The van der Waals surface area contributed by atoms with Gasteiger partial charge < -0.3 is 10.1 Å². The molecule has 0 bridgehead atoms. The van der Waals surface area contributed by atoms with Gasteiger partial charge in [0.2, 0.25) is 5.95 Å². The van der Waals surface area contributed by atoms with Crippen LogP contribution in [0, 0.1) is 6.92 Å². The Balaban J connectivity index is 1.91. The van der Waals surface area contributed by atoms with Gasteiger partial charge in [0.05, 0.1) is 18.3 Å². The number of aromatic nitrogens is 3. The van der Waals surface area contributed by atoms with Crippen LogP contribution in [0.5, 0.6) is 5.75 Å². The number of benzene rings is 1. The van der Waals surface area contributed by atoms with Crippen molar-refractivity contribution in [1.82, 2.24) is 14.6 Å². The van der Waals surface area contributed by atoms with Gasteiger partial charge in [-0.25, -0.2) is 9.50 Å². The van der Waals surface area contributed by atoms with Gasteiger partial charge in [0.25, 0.3) is 0 Å². The minimum atomic E-state index is 0.575. The second kappa shape index (κ2) is 4.61. The molecule has 0 spiro atoms. The van der Waals surface area contributed by atoms with Gasteiger partial charge in [-0.3, -0.25) is 0 Å². The Bertz CT molecular complexity index is 703. The molecule has 0 aliphatic rings. The van der Waals surface area contributed by atoms with Crippen molar-refractivity contribution >= 4 is 17.2 Å². The van der Waals surface area contributed by atoms with Crippen molar-refractivity contribution < 1.29 is 4.74 Å². The van der Waals surface area contributed by atoms with Crippen LogP contribution < -0.4 is 10.1 Å². The molecule has 96 valence electrons. The fourth-order valence-corrected chi connectivity index (χ4v) is 1.94. The SMILES string of the molecule is COc1ccc(Nc2nc(C)c3cccn3n2)cc1. The monoisotopic (exact) mass is 254 g/mol. The van der Waals surface area contributed by atoms with E-state index in [0.717, 1.165) is 22.6 Å². The quantitative estimate of drug-likeness (QED) is 0.780. The highest BCUT2D eigenvalue weighted by Crippen LogP contribution is 2.18. The molecule has 2 heterocycles. The van der Waals surface area contributed by atoms with Crippen LogP contribution in [0.4, 0.5) is 11.6 Å². The predicted molar refractivity (Wildman–Crippen MR) is 74.0 cm³/mol. The maximum Gasteiger partial charge on any atom is 0.245 e. The molecule has 5 nitrogen and oxygen atoms in total. The lowest BCUT2D eigenvalue weighted by atomic mass is 10.3. The Labute approximate surface area is 110 Å². The molecule has 1 N–H and O–H groups in total. The average molecular weight is 254 g/mol. The summed E-state index contributed by atoms with van der Waals surface area (Å²) in [5, 5.41) is 7.58. The molecule has 2 aromatic heterocycles. The Morgan fingerprint density at radius 3 is 2.68 bits per heavy atom. The lowest BCUT2D eigenvalue weighted by molar-refractivity contribution is 0.415. The molecule has 1 aromatic carbocycles. The van der Waals surface area contributed by atoms with Gasteiger partial charge in [-0.05, 0) is 43.3 Å². The number of hydrogen-bond donors (Lipinski definition) is 1. The van der Waals surface area contributed by atoms with E-state index >= 15 is 0 Å². The Morgan fingerprint density at radius 2 is 1.95 bits per heavy atom. The van der Waals surface area contributed by atoms with Crippen LogP contribution in [0.2, 0.25) is 0 Å². The van der Waals surface area contributed by atoms with Crippen LogP contribution >= 0.6 is 0 Å². The van der Waals surface area contributed by atoms with Crippen molar-refractivity contribution in [2.45, 2.75) is 6.92 Å². The molecule has 19 heavy (non-hydrogen) atoms. The van der Waals surface area contributed by atoms with Crippen LogP contribution in [0.1, 0.15) is 5.69 Å². The van der Waals surface area contributed by atoms with E-state index in [9.17, 15) is 0 Å². The molecule has 3 rings (SSSR count). The molecule has 0 amide bonds. The fourth-order valence-electron chi connectivity index (χ4n) is 1.94. The number of anilines is 2. The third-order valence-electron chi connectivity index (χ3n) is 2.92. The van der Waals surface area contributed by atoms with Gasteiger partial charge in [0.15, 0.2) is 0 Å². The minimum absolute atomic E-state index is 0.575. The van der Waals surface area contributed by atoms with E-state index in [1.54, 1.807) is 7.11 Å². The third kappa shape index (κ3) is 2.22. The van der Waals surface area contributed by atoms with Crippen molar-refractivity contribution in [3.05, 3.63) is 48.3 Å². The van der Waals surface area contributed by atoms with Crippen molar-refractivity contribution in [3.8, 4) is 5.75 Å². The summed E-state index contributed by atoms with van der Waals surface area (Å²) in [6.45, 7) is 1.97. The first-order chi connectivity index (χ1) is 9.26. The fraction of sp³-hybridized carbons (Fsp3) is 0.143. The van der Waals surface area contributed by atoms with Crippen molar-refractivity contribution in [1.29, 1.82) is 0 Å². The molecule has 0 unspecified atom stereocenters. The number of methoxy groups -OCH3 is 1. The molecular weight excluding hydrogens is 240 g/mol. The van der Waals surface area contributed by atoms with E-state index in [2.05, 4.69) is 15.4 Å². The van der Waals surface area contributed by atoms with E-state index < -0.39 is 0 Å². The van der Waals surface area contributed by atoms with Gasteiger partial charge >= 0.3 is 0 Å². The van der Waals surface area contributed by atoms with Crippen molar-refractivity contribution in [2.24, 2.45) is 0 Å². The Hall–Kier alpha value is -2.56. The number of fused-ring (bicyclic) bond motifs is 1. The highest BCUT2D eigenvalue weighted by atomic mass is 16.5. The average Bonchev–Trinajstić information content (AvgIpc) is 2.88. The van der Waals surface area contributed by atoms with E-state index in [1.807, 2.05) is 54.0 Å². The van der Waals surface area contributed by atoms with Crippen LogP contribution in [0.3, 0.4) is 0 Å². The molecule has 0 aliphatic heterocycles. The second-order valence-corrected chi connectivity index (χ2v) is 4.21. The van der Waals surface area contributed by atoms with Crippen molar-refractivity contribution in [3.63, 3.8) is 0 Å². The maximum absolute atomic E-state index is 5.12. The third-order valence-corrected chi connectivity index (χ3v) is 2.92. The standard InChI is InChI=1S/C14H14N4O/c1-10-13-4-3-9-18(13)17-14(15-10)16-11-5-7-12(19-2)8-6-11/h3-9H,1-2H3,(H,16,17). The van der Waals surface area contributed by atoms with Gasteiger partial charge in [0.1, 0.15) is 5.75 Å². The van der Waals surface area contributed by atoms with Crippen LogP contribution in [0.25, 0.3) is 5.52 Å². The topological polar surface area (TPSA) is 51.5 Å². The molecular formula is C14H14N4O. The largest absolute Gasteiger partial charge is 0.497 e. The first kappa shape index (κ1) is 11.5.